The number of hydrogen-bond acceptors (Lipinski definition) is 6. The van der Waals surface area contributed by atoms with E-state index in [0.717, 1.165) is 36.9 Å². The number of aromatic amines is 1. The van der Waals surface area contributed by atoms with Crippen LogP contribution in [-0.2, 0) is 0 Å². The van der Waals surface area contributed by atoms with Gasteiger partial charge in [-0.3, -0.25) is 24.3 Å². The van der Waals surface area contributed by atoms with Crippen molar-refractivity contribution < 1.29 is 5.11 Å². The minimum Gasteiger partial charge on any atom is -0.494 e. The molecule has 1 aliphatic rings. The third-order valence-corrected chi connectivity index (χ3v) is 5.58. The molecule has 8 heteroatoms. The van der Waals surface area contributed by atoms with Crippen molar-refractivity contribution in [2.24, 2.45) is 5.10 Å². The summed E-state index contributed by atoms with van der Waals surface area (Å²) < 4.78 is 1.57. The number of nitrogens with one attached hydrogen (secondary N) is 1. The Balaban J connectivity index is 1.71. The van der Waals surface area contributed by atoms with Crippen LogP contribution in [0.3, 0.4) is 0 Å². The molecule has 0 saturated carbocycles. The first kappa shape index (κ1) is 20.0. The van der Waals surface area contributed by atoms with Crippen LogP contribution in [0.2, 0.25) is 0 Å². The average Bonchev–Trinajstić information content (AvgIpc) is 2.75. The van der Waals surface area contributed by atoms with Crippen LogP contribution in [0.4, 0.5) is 0 Å². The Morgan fingerprint density at radius 3 is 2.80 bits per heavy atom. The number of hydrogen-bond donors (Lipinski definition) is 2. The highest BCUT2D eigenvalue weighted by Gasteiger charge is 2.23. The molecule has 1 atom stereocenters. The SMILES string of the molecule is Cc1ccc(-n2c(O)c(/C=N/N3CCCC[C@H]3c3cccnc3)c(=O)[nH]c2=S)cc1. The summed E-state index contributed by atoms with van der Waals surface area (Å²) in [6.45, 7) is 2.75. The second kappa shape index (κ2) is 8.62. The number of nitrogens with zero attached hydrogens (tertiary/aromatic N) is 4. The van der Waals surface area contributed by atoms with Gasteiger partial charge in [-0.2, -0.15) is 5.10 Å². The van der Waals surface area contributed by atoms with Crippen molar-refractivity contribution in [3.05, 3.63) is 80.6 Å². The molecule has 1 saturated heterocycles. The first-order chi connectivity index (χ1) is 14.5. The van der Waals surface area contributed by atoms with E-state index in [1.165, 1.54) is 10.8 Å². The molecule has 1 aliphatic heterocycles. The zero-order valence-electron chi connectivity index (χ0n) is 16.7. The van der Waals surface area contributed by atoms with Crippen molar-refractivity contribution in [2.45, 2.75) is 32.2 Å². The minimum absolute atomic E-state index is 0.0692. The van der Waals surface area contributed by atoms with E-state index in [9.17, 15) is 9.90 Å². The van der Waals surface area contributed by atoms with Crippen molar-refractivity contribution in [1.29, 1.82) is 0 Å². The van der Waals surface area contributed by atoms with E-state index in [2.05, 4.69) is 15.1 Å². The monoisotopic (exact) mass is 421 g/mol. The molecule has 30 heavy (non-hydrogen) atoms. The number of aryl methyl sites for hydroxylation is 1. The summed E-state index contributed by atoms with van der Waals surface area (Å²) in [6, 6.07) is 11.6. The maximum atomic E-state index is 12.5. The van der Waals surface area contributed by atoms with Crippen molar-refractivity contribution in [2.75, 3.05) is 6.54 Å². The maximum Gasteiger partial charge on any atom is 0.264 e. The highest BCUT2D eigenvalue weighted by atomic mass is 32.1. The fourth-order valence-electron chi connectivity index (χ4n) is 3.69. The Morgan fingerprint density at radius 2 is 2.07 bits per heavy atom. The molecule has 1 aromatic carbocycles. The van der Waals surface area contributed by atoms with Crippen LogP contribution < -0.4 is 5.56 Å². The predicted molar refractivity (Wildman–Crippen MR) is 119 cm³/mol. The standard InChI is InChI=1S/C22H23N5O2S/c1-15-7-9-17(10-8-15)27-21(29)18(20(28)25-22(27)30)14-24-26-12-3-2-6-19(26)16-5-4-11-23-13-16/h4-5,7-11,13-14,19,29H,2-3,6,12H2,1H3,(H,25,28,30)/b24-14+/t19-/m0/s1. The third-order valence-electron chi connectivity index (χ3n) is 5.29. The molecular formula is C22H23N5O2S. The van der Waals surface area contributed by atoms with Crippen LogP contribution in [0, 0.1) is 11.7 Å². The number of aromatic hydroxyl groups is 1. The topological polar surface area (TPSA) is 86.5 Å². The van der Waals surface area contributed by atoms with Crippen LogP contribution >= 0.6 is 12.2 Å². The molecule has 3 aromatic rings. The van der Waals surface area contributed by atoms with E-state index in [0.29, 0.717) is 5.69 Å². The lowest BCUT2D eigenvalue weighted by molar-refractivity contribution is 0.156. The van der Waals surface area contributed by atoms with Gasteiger partial charge in [0.25, 0.3) is 5.56 Å². The lowest BCUT2D eigenvalue weighted by Gasteiger charge is -2.33. The lowest BCUT2D eigenvalue weighted by Crippen LogP contribution is -2.29. The summed E-state index contributed by atoms with van der Waals surface area (Å²) in [6.07, 6.45) is 8.10. The van der Waals surface area contributed by atoms with E-state index in [4.69, 9.17) is 12.2 Å². The van der Waals surface area contributed by atoms with E-state index < -0.39 is 5.56 Å². The van der Waals surface area contributed by atoms with E-state index in [1.54, 1.807) is 6.20 Å². The Hall–Kier alpha value is -3.26. The summed E-state index contributed by atoms with van der Waals surface area (Å²) in [5.74, 6) is -0.230. The maximum absolute atomic E-state index is 12.5. The van der Waals surface area contributed by atoms with Gasteiger partial charge in [-0.1, -0.05) is 23.8 Å². The van der Waals surface area contributed by atoms with Gasteiger partial charge in [0.15, 0.2) is 4.77 Å². The highest BCUT2D eigenvalue weighted by Crippen LogP contribution is 2.30. The highest BCUT2D eigenvalue weighted by molar-refractivity contribution is 7.71. The second-order valence-electron chi connectivity index (χ2n) is 7.37. The van der Waals surface area contributed by atoms with Gasteiger partial charge in [0, 0.05) is 18.9 Å². The molecular weight excluding hydrogens is 398 g/mol. The third kappa shape index (κ3) is 4.04. The molecule has 7 nitrogen and oxygen atoms in total. The Morgan fingerprint density at radius 1 is 1.27 bits per heavy atom. The molecule has 3 heterocycles. The van der Waals surface area contributed by atoms with E-state index >= 15 is 0 Å². The summed E-state index contributed by atoms with van der Waals surface area (Å²) >= 11 is 5.28. The fourth-order valence-corrected chi connectivity index (χ4v) is 3.97. The zero-order valence-corrected chi connectivity index (χ0v) is 17.5. The summed E-state index contributed by atoms with van der Waals surface area (Å²) in [5, 5.41) is 17.4. The number of benzene rings is 1. The van der Waals surface area contributed by atoms with Gasteiger partial charge in [0.2, 0.25) is 5.88 Å². The fraction of sp³-hybridized carbons (Fsp3) is 0.273. The van der Waals surface area contributed by atoms with Gasteiger partial charge in [0.1, 0.15) is 5.56 Å². The molecule has 2 aromatic heterocycles. The number of rotatable bonds is 4. The molecule has 1 fully saturated rings. The van der Waals surface area contributed by atoms with Crippen molar-refractivity contribution in [3.63, 3.8) is 0 Å². The average molecular weight is 422 g/mol. The van der Waals surface area contributed by atoms with Gasteiger partial charge in [0.05, 0.1) is 17.9 Å². The summed E-state index contributed by atoms with van der Waals surface area (Å²) in [4.78, 5) is 19.4. The summed E-state index contributed by atoms with van der Waals surface area (Å²) in [5.41, 5.74) is 2.44. The number of pyridine rings is 1. The largest absolute Gasteiger partial charge is 0.494 e. The van der Waals surface area contributed by atoms with Crippen molar-refractivity contribution >= 4 is 18.4 Å². The lowest BCUT2D eigenvalue weighted by atomic mass is 9.98. The van der Waals surface area contributed by atoms with Gasteiger partial charge >= 0.3 is 0 Å². The molecule has 4 rings (SSSR count). The van der Waals surface area contributed by atoms with Crippen molar-refractivity contribution in [1.82, 2.24) is 19.5 Å². The van der Waals surface area contributed by atoms with Crippen LogP contribution in [0.1, 0.15) is 42.0 Å². The number of aromatic nitrogens is 3. The van der Waals surface area contributed by atoms with Gasteiger partial charge in [-0.05, 0) is 62.2 Å². The van der Waals surface area contributed by atoms with Crippen LogP contribution in [0.15, 0.2) is 58.7 Å². The van der Waals surface area contributed by atoms with Crippen LogP contribution in [-0.4, -0.2) is 37.4 Å². The normalized spacial score (nSPS) is 16.8. The van der Waals surface area contributed by atoms with E-state index in [-0.39, 0.29) is 22.3 Å². The summed E-state index contributed by atoms with van der Waals surface area (Å²) in [7, 11) is 0. The molecule has 0 amide bonds. The molecule has 0 radical (unpaired) electrons. The quantitative estimate of drug-likeness (QED) is 0.493. The van der Waals surface area contributed by atoms with Crippen LogP contribution in [0.5, 0.6) is 5.88 Å². The first-order valence-corrected chi connectivity index (χ1v) is 10.3. The number of piperidine rings is 1. The molecule has 0 aliphatic carbocycles. The van der Waals surface area contributed by atoms with Gasteiger partial charge in [-0.25, -0.2) is 0 Å². The van der Waals surface area contributed by atoms with Crippen LogP contribution in [0.25, 0.3) is 5.69 Å². The van der Waals surface area contributed by atoms with Gasteiger partial charge < -0.3 is 5.11 Å². The smallest absolute Gasteiger partial charge is 0.264 e. The Kier molecular flexibility index (Phi) is 5.76. The minimum atomic E-state index is -0.473. The molecule has 2 N–H and O–H groups in total. The molecule has 154 valence electrons. The van der Waals surface area contributed by atoms with E-state index in [1.807, 2.05) is 54.5 Å². The van der Waals surface area contributed by atoms with Crippen molar-refractivity contribution in [3.8, 4) is 11.6 Å². The van der Waals surface area contributed by atoms with Gasteiger partial charge in [-0.15, -0.1) is 0 Å². The molecule has 0 unspecified atom stereocenters. The Bertz CT molecular complexity index is 1170. The zero-order chi connectivity index (χ0) is 21.1. The predicted octanol–water partition coefficient (Wildman–Crippen LogP) is 3.87. The Labute approximate surface area is 179 Å². The first-order valence-electron chi connectivity index (χ1n) is 9.90. The molecule has 0 bridgehead atoms. The number of hydrazone groups is 1. The second-order valence-corrected chi connectivity index (χ2v) is 7.76. The molecule has 0 spiro atoms. The number of H-pyrrole nitrogens is 1.